The molecule has 0 unspecified atom stereocenters. The van der Waals surface area contributed by atoms with Crippen molar-refractivity contribution in [2.24, 2.45) is 0 Å². The number of fused-ring (bicyclic) bond motifs is 1. The molecule has 2 aliphatic heterocycles. The second kappa shape index (κ2) is 12.5. The minimum Gasteiger partial charge on any atom is -0.358 e. The average molecular weight is 536 g/mol. The Hall–Kier alpha value is -3.63. The van der Waals surface area contributed by atoms with E-state index < -0.39 is 0 Å². The molecule has 0 radical (unpaired) electrons. The molecule has 5 N–H and O–H groups in total. The number of aryl methyl sites for hydroxylation is 1. The fourth-order valence-corrected chi connectivity index (χ4v) is 5.28. The number of amides is 4. The molecule has 0 spiro atoms. The van der Waals surface area contributed by atoms with E-state index in [1.165, 1.54) is 0 Å². The summed E-state index contributed by atoms with van der Waals surface area (Å²) in [5.41, 5.74) is 5.38. The fraction of sp³-hybridized carbons (Fsp3) is 0.483. The number of likely N-dealkylation sites (tertiary alicyclic amines) is 1. The van der Waals surface area contributed by atoms with Crippen LogP contribution < -0.4 is 21.3 Å². The van der Waals surface area contributed by atoms with Gasteiger partial charge in [0.2, 0.25) is 0 Å². The van der Waals surface area contributed by atoms with Gasteiger partial charge < -0.3 is 36.1 Å². The summed E-state index contributed by atoms with van der Waals surface area (Å²) in [6.07, 6.45) is 3.64. The molecule has 1 aromatic heterocycles. The number of nitrogens with zero attached hydrogens (tertiary/aromatic N) is 2. The zero-order chi connectivity index (χ0) is 28.1. The summed E-state index contributed by atoms with van der Waals surface area (Å²) < 4.78 is 0. The third-order valence-electron chi connectivity index (χ3n) is 7.71. The Bertz CT molecular complexity index is 1250. The van der Waals surface area contributed by atoms with Crippen LogP contribution in [0.25, 0.3) is 11.6 Å². The van der Waals surface area contributed by atoms with Gasteiger partial charge in [-0.15, -0.1) is 0 Å². The van der Waals surface area contributed by atoms with Crippen LogP contribution in [0.3, 0.4) is 0 Å². The topological polar surface area (TPSA) is 122 Å². The van der Waals surface area contributed by atoms with Crippen molar-refractivity contribution in [2.75, 3.05) is 56.9 Å². The number of aromatic amines is 1. The monoisotopic (exact) mass is 535 g/mol. The molecule has 1 fully saturated rings. The second-order valence-corrected chi connectivity index (χ2v) is 10.4. The number of benzene rings is 1. The molecule has 1 saturated heterocycles. The van der Waals surface area contributed by atoms with Crippen LogP contribution in [0.1, 0.15) is 59.6 Å². The van der Waals surface area contributed by atoms with Gasteiger partial charge in [-0.25, -0.2) is 4.79 Å². The zero-order valence-electron chi connectivity index (χ0n) is 23.7. The molecule has 210 valence electrons. The number of likely N-dealkylation sites (N-methyl/N-ethyl adjacent to an activating group) is 1. The maximum Gasteiger partial charge on any atom is 0.319 e. The number of carbonyl (C=O) groups excluding carboxylic acids is 3. The zero-order valence-corrected chi connectivity index (χ0v) is 23.7. The number of urea groups is 1. The molecule has 10 heteroatoms. The maximum absolute atomic E-state index is 12.9. The molecule has 4 amide bonds. The second-order valence-electron chi connectivity index (χ2n) is 10.4. The predicted molar refractivity (Wildman–Crippen MR) is 156 cm³/mol. The molecule has 2 aromatic rings. The van der Waals surface area contributed by atoms with Crippen molar-refractivity contribution in [3.63, 3.8) is 0 Å². The van der Waals surface area contributed by atoms with E-state index in [1.807, 2.05) is 19.9 Å². The first-order valence-corrected chi connectivity index (χ1v) is 13.8. The highest BCUT2D eigenvalue weighted by Crippen LogP contribution is 2.35. The number of H-pyrrole nitrogens is 1. The van der Waals surface area contributed by atoms with Crippen LogP contribution in [0.2, 0.25) is 0 Å². The molecule has 10 nitrogen and oxygen atoms in total. The van der Waals surface area contributed by atoms with Crippen molar-refractivity contribution in [2.45, 2.75) is 46.6 Å². The molecular weight excluding hydrogens is 494 g/mol. The molecular formula is C29H41N7O3. The Morgan fingerprint density at radius 2 is 1.87 bits per heavy atom. The van der Waals surface area contributed by atoms with E-state index in [1.54, 1.807) is 18.2 Å². The lowest BCUT2D eigenvalue weighted by Crippen LogP contribution is -2.44. The van der Waals surface area contributed by atoms with E-state index in [-0.39, 0.29) is 23.9 Å². The van der Waals surface area contributed by atoms with Crippen LogP contribution in [-0.4, -0.2) is 85.0 Å². The lowest BCUT2D eigenvalue weighted by atomic mass is 10.0. The summed E-state index contributed by atoms with van der Waals surface area (Å²) in [6, 6.07) is 5.31. The molecule has 4 rings (SSSR count). The van der Waals surface area contributed by atoms with Gasteiger partial charge in [-0.3, -0.25) is 9.59 Å². The fourth-order valence-electron chi connectivity index (χ4n) is 5.28. The van der Waals surface area contributed by atoms with Crippen molar-refractivity contribution < 1.29 is 14.4 Å². The van der Waals surface area contributed by atoms with Gasteiger partial charge in [0.15, 0.2) is 0 Å². The highest BCUT2D eigenvalue weighted by molar-refractivity contribution is 6.35. The minimum atomic E-state index is -0.245. The van der Waals surface area contributed by atoms with E-state index in [0.717, 1.165) is 68.1 Å². The van der Waals surface area contributed by atoms with Crippen LogP contribution in [0.5, 0.6) is 0 Å². The average Bonchev–Trinajstić information content (AvgIpc) is 3.36. The van der Waals surface area contributed by atoms with Crippen molar-refractivity contribution in [3.8, 4) is 0 Å². The number of aromatic nitrogens is 1. The molecule has 0 aliphatic carbocycles. The molecule has 3 heterocycles. The van der Waals surface area contributed by atoms with Crippen molar-refractivity contribution >= 4 is 40.9 Å². The number of hydrogen-bond acceptors (Lipinski definition) is 5. The Morgan fingerprint density at radius 1 is 1.15 bits per heavy atom. The van der Waals surface area contributed by atoms with Crippen molar-refractivity contribution in [1.29, 1.82) is 0 Å². The first-order valence-electron chi connectivity index (χ1n) is 13.8. The van der Waals surface area contributed by atoms with Gasteiger partial charge in [0.05, 0.1) is 16.8 Å². The Balaban J connectivity index is 1.44. The Kier molecular flexibility index (Phi) is 9.08. The number of nitrogens with one attached hydrogen (secondary N) is 5. The van der Waals surface area contributed by atoms with Gasteiger partial charge in [-0.05, 0) is 83.7 Å². The van der Waals surface area contributed by atoms with Crippen molar-refractivity contribution in [1.82, 2.24) is 25.4 Å². The molecule has 39 heavy (non-hydrogen) atoms. The van der Waals surface area contributed by atoms with E-state index in [9.17, 15) is 14.4 Å². The van der Waals surface area contributed by atoms with Gasteiger partial charge in [-0.1, -0.05) is 19.9 Å². The van der Waals surface area contributed by atoms with E-state index in [4.69, 9.17) is 0 Å². The normalized spacial score (nSPS) is 16.9. The van der Waals surface area contributed by atoms with E-state index >= 15 is 0 Å². The smallest absolute Gasteiger partial charge is 0.319 e. The van der Waals surface area contributed by atoms with Gasteiger partial charge in [0.1, 0.15) is 0 Å². The maximum atomic E-state index is 12.9. The minimum absolute atomic E-state index is 0.122. The molecule has 2 aliphatic rings. The summed E-state index contributed by atoms with van der Waals surface area (Å²) in [6.45, 7) is 13.2. The summed E-state index contributed by atoms with van der Waals surface area (Å²) in [7, 11) is 2.08. The lowest BCUT2D eigenvalue weighted by molar-refractivity contribution is -0.110. The van der Waals surface area contributed by atoms with Crippen LogP contribution in [0.4, 0.5) is 16.2 Å². The number of hydrogen-bond donors (Lipinski definition) is 5. The molecule has 0 atom stereocenters. The highest BCUT2D eigenvalue weighted by atomic mass is 16.2. The lowest BCUT2D eigenvalue weighted by Gasteiger charge is -2.29. The van der Waals surface area contributed by atoms with Gasteiger partial charge >= 0.3 is 6.03 Å². The summed E-state index contributed by atoms with van der Waals surface area (Å²) in [4.78, 5) is 46.1. The largest absolute Gasteiger partial charge is 0.358 e. The van der Waals surface area contributed by atoms with Crippen LogP contribution in [-0.2, 0) is 4.79 Å². The van der Waals surface area contributed by atoms with Gasteiger partial charge in [-0.2, -0.15) is 0 Å². The molecule has 0 bridgehead atoms. The van der Waals surface area contributed by atoms with Crippen molar-refractivity contribution in [3.05, 3.63) is 46.3 Å². The number of rotatable bonds is 9. The summed E-state index contributed by atoms with van der Waals surface area (Å²) in [5.74, 6) is -0.349. The van der Waals surface area contributed by atoms with E-state index in [0.29, 0.717) is 29.1 Å². The SMILES string of the molecule is CCN(CC)CCNC(=O)c1c(C)[nH]c(/C=C2\C(=O)Nc3cc(NC(=O)NC4CCN(C)CC4)ccc32)c1C. The Morgan fingerprint density at radius 3 is 2.56 bits per heavy atom. The third kappa shape index (κ3) is 6.69. The van der Waals surface area contributed by atoms with Gasteiger partial charge in [0.25, 0.3) is 11.8 Å². The summed E-state index contributed by atoms with van der Waals surface area (Å²) in [5, 5.41) is 11.8. The van der Waals surface area contributed by atoms with Crippen LogP contribution in [0.15, 0.2) is 18.2 Å². The highest BCUT2D eigenvalue weighted by Gasteiger charge is 2.26. The number of carbonyl (C=O) groups is 3. The number of anilines is 2. The third-order valence-corrected chi connectivity index (χ3v) is 7.71. The van der Waals surface area contributed by atoms with Gasteiger partial charge in [0, 0.05) is 41.8 Å². The van der Waals surface area contributed by atoms with E-state index in [2.05, 4.69) is 56.9 Å². The first kappa shape index (κ1) is 28.4. The molecule has 0 saturated carbocycles. The summed E-state index contributed by atoms with van der Waals surface area (Å²) >= 11 is 0. The van der Waals surface area contributed by atoms with Crippen LogP contribution >= 0.6 is 0 Å². The first-order chi connectivity index (χ1) is 18.7. The number of piperidine rings is 1. The standard InChI is InChI=1S/C29H41N7O3/c1-6-36(7-2)15-12-30-28(38)26-18(3)24(31-19(26)4)17-23-22-9-8-21(16-25(22)34-27(23)37)33-29(39)32-20-10-13-35(5)14-11-20/h8-9,16-17,20,31H,6-7,10-15H2,1-5H3,(H,30,38)(H,34,37)(H2,32,33,39)/b23-17-. The molecule has 1 aromatic carbocycles. The Labute approximate surface area is 230 Å². The predicted octanol–water partition coefficient (Wildman–Crippen LogP) is 3.41. The quantitative estimate of drug-likeness (QED) is 0.315. The van der Waals surface area contributed by atoms with Crippen LogP contribution in [0, 0.1) is 13.8 Å².